The molecule has 1 aromatic carbocycles. The van der Waals surface area contributed by atoms with Gasteiger partial charge in [0.2, 0.25) is 0 Å². The third kappa shape index (κ3) is 3.72. The van der Waals surface area contributed by atoms with Crippen molar-refractivity contribution in [3.8, 4) is 0 Å². The number of benzene rings is 1. The summed E-state index contributed by atoms with van der Waals surface area (Å²) in [6, 6.07) is 7.16. The molecule has 30 heavy (non-hydrogen) atoms. The second-order valence-electron chi connectivity index (χ2n) is 8.14. The van der Waals surface area contributed by atoms with Gasteiger partial charge >= 0.3 is 11.8 Å². The Morgan fingerprint density at radius 2 is 2.07 bits per heavy atom. The number of pyridine rings is 1. The predicted octanol–water partition coefficient (Wildman–Crippen LogP) is 2.15. The zero-order valence-electron chi connectivity index (χ0n) is 17.1. The molecule has 4 N–H and O–H groups in total. The zero-order valence-corrected chi connectivity index (χ0v) is 17.1. The van der Waals surface area contributed by atoms with Crippen LogP contribution in [0.3, 0.4) is 0 Å². The van der Waals surface area contributed by atoms with E-state index in [2.05, 4.69) is 22.5 Å². The first-order chi connectivity index (χ1) is 14.3. The van der Waals surface area contributed by atoms with E-state index >= 15 is 0 Å². The van der Waals surface area contributed by atoms with Gasteiger partial charge in [0.25, 0.3) is 5.91 Å². The smallest absolute Gasteiger partial charge is 0.313 e. The number of hydrogen-bond acceptors (Lipinski definition) is 5. The predicted molar refractivity (Wildman–Crippen MR) is 112 cm³/mol. The molecule has 3 heterocycles. The fraction of sp³-hybridized carbons (Fsp3) is 0.364. The van der Waals surface area contributed by atoms with Gasteiger partial charge in [-0.05, 0) is 54.5 Å². The maximum absolute atomic E-state index is 13.1. The second kappa shape index (κ2) is 7.78. The Bertz CT molecular complexity index is 1040. The molecule has 4 rings (SSSR count). The fourth-order valence-electron chi connectivity index (χ4n) is 4.13. The summed E-state index contributed by atoms with van der Waals surface area (Å²) in [5.41, 5.74) is 9.34. The Kier molecular flexibility index (Phi) is 5.15. The number of carbonyl (C=O) groups excluding carboxylic acids is 3. The minimum Gasteiger partial charge on any atom is -0.383 e. The molecule has 8 nitrogen and oxygen atoms in total. The van der Waals surface area contributed by atoms with Crippen LogP contribution in [-0.2, 0) is 16.1 Å². The first kappa shape index (κ1) is 19.9. The number of nitrogens with zero attached hydrogens (tertiary/aromatic N) is 2. The van der Waals surface area contributed by atoms with Crippen molar-refractivity contribution in [2.45, 2.75) is 39.3 Å². The number of nitrogens with one attached hydrogen (secondary N) is 2. The van der Waals surface area contributed by atoms with Gasteiger partial charge in [-0.15, -0.1) is 0 Å². The van der Waals surface area contributed by atoms with Crippen molar-refractivity contribution < 1.29 is 14.4 Å². The number of likely N-dealkylation sites (tertiary alicyclic amines) is 1. The topological polar surface area (TPSA) is 117 Å². The molecule has 1 aromatic heterocycles. The lowest BCUT2D eigenvalue weighted by molar-refractivity contribution is -0.146. The van der Waals surface area contributed by atoms with E-state index in [0.29, 0.717) is 30.2 Å². The third-order valence-corrected chi connectivity index (χ3v) is 5.85. The lowest BCUT2D eigenvalue weighted by Crippen LogP contribution is -2.46. The van der Waals surface area contributed by atoms with Crippen molar-refractivity contribution in [3.05, 3.63) is 52.7 Å². The van der Waals surface area contributed by atoms with Crippen LogP contribution in [0, 0.1) is 12.8 Å². The summed E-state index contributed by atoms with van der Waals surface area (Å²) < 4.78 is 0. The molecule has 0 bridgehead atoms. The van der Waals surface area contributed by atoms with Gasteiger partial charge in [0.1, 0.15) is 5.82 Å². The Morgan fingerprint density at radius 3 is 2.83 bits per heavy atom. The van der Waals surface area contributed by atoms with Crippen LogP contribution in [0.15, 0.2) is 30.5 Å². The van der Waals surface area contributed by atoms with Gasteiger partial charge in [0, 0.05) is 18.7 Å². The molecule has 1 saturated heterocycles. The molecule has 2 aliphatic heterocycles. The van der Waals surface area contributed by atoms with Crippen LogP contribution in [0.5, 0.6) is 0 Å². The highest BCUT2D eigenvalue weighted by atomic mass is 16.2. The standard InChI is InChI=1S/C22H25N5O3/c1-12-3-6-18(14-4-5-15-9-25-20(28)17(15)8-14)27(11-12)22(30)21(29)26-16-7-13(2)19(23)24-10-16/h4-5,7-8,10,12,18H,3,6,9,11H2,1-2H3,(H2,23,24)(H,25,28)(H,26,29). The molecular weight excluding hydrogens is 382 g/mol. The van der Waals surface area contributed by atoms with Gasteiger partial charge in [-0.3, -0.25) is 14.4 Å². The number of piperidine rings is 1. The molecule has 156 valence electrons. The lowest BCUT2D eigenvalue weighted by atomic mass is 9.88. The first-order valence-electron chi connectivity index (χ1n) is 10.1. The van der Waals surface area contributed by atoms with Crippen LogP contribution in [0.1, 0.15) is 52.9 Å². The molecular formula is C22H25N5O3. The number of aromatic nitrogens is 1. The number of fused-ring (bicyclic) bond motifs is 1. The molecule has 0 spiro atoms. The van der Waals surface area contributed by atoms with Crippen molar-refractivity contribution in [3.63, 3.8) is 0 Å². The van der Waals surface area contributed by atoms with E-state index in [1.807, 2.05) is 18.2 Å². The summed E-state index contributed by atoms with van der Waals surface area (Å²) >= 11 is 0. The van der Waals surface area contributed by atoms with Gasteiger partial charge in [-0.25, -0.2) is 4.98 Å². The highest BCUT2D eigenvalue weighted by Gasteiger charge is 2.35. The molecule has 2 unspecified atom stereocenters. The Hall–Kier alpha value is -3.42. The maximum atomic E-state index is 13.1. The van der Waals surface area contributed by atoms with Crippen LogP contribution >= 0.6 is 0 Å². The molecule has 3 amide bonds. The molecule has 0 aliphatic carbocycles. The Labute approximate surface area is 174 Å². The average molecular weight is 407 g/mol. The van der Waals surface area contributed by atoms with E-state index < -0.39 is 11.8 Å². The fourth-order valence-corrected chi connectivity index (χ4v) is 4.13. The van der Waals surface area contributed by atoms with Crippen LogP contribution in [0.2, 0.25) is 0 Å². The van der Waals surface area contributed by atoms with E-state index in [9.17, 15) is 14.4 Å². The van der Waals surface area contributed by atoms with Crippen molar-refractivity contribution in [1.82, 2.24) is 15.2 Å². The largest absolute Gasteiger partial charge is 0.383 e. The number of nitrogens with two attached hydrogens (primary N) is 1. The molecule has 2 aromatic rings. The number of anilines is 2. The molecule has 0 radical (unpaired) electrons. The van der Waals surface area contributed by atoms with E-state index in [-0.39, 0.29) is 17.9 Å². The highest BCUT2D eigenvalue weighted by Crippen LogP contribution is 2.35. The van der Waals surface area contributed by atoms with Gasteiger partial charge in [-0.2, -0.15) is 0 Å². The van der Waals surface area contributed by atoms with Crippen LogP contribution in [-0.4, -0.2) is 34.2 Å². The Morgan fingerprint density at radius 1 is 1.27 bits per heavy atom. The Balaban J connectivity index is 1.57. The van der Waals surface area contributed by atoms with Gasteiger partial charge in [0.15, 0.2) is 0 Å². The summed E-state index contributed by atoms with van der Waals surface area (Å²) in [4.78, 5) is 43.5. The summed E-state index contributed by atoms with van der Waals surface area (Å²) in [5, 5.41) is 5.44. The lowest BCUT2D eigenvalue weighted by Gasteiger charge is -2.38. The van der Waals surface area contributed by atoms with Crippen LogP contribution in [0.4, 0.5) is 11.5 Å². The summed E-state index contributed by atoms with van der Waals surface area (Å²) in [6.45, 7) is 4.86. The number of amides is 3. The zero-order chi connectivity index (χ0) is 21.4. The van der Waals surface area contributed by atoms with Gasteiger partial charge in [-0.1, -0.05) is 19.1 Å². The van der Waals surface area contributed by atoms with Crippen molar-refractivity contribution in [2.24, 2.45) is 5.92 Å². The number of rotatable bonds is 2. The normalized spacial score (nSPS) is 20.5. The highest BCUT2D eigenvalue weighted by molar-refractivity contribution is 6.39. The monoisotopic (exact) mass is 407 g/mol. The number of carbonyl (C=O) groups is 3. The first-order valence-corrected chi connectivity index (χ1v) is 10.1. The molecule has 0 saturated carbocycles. The summed E-state index contributed by atoms with van der Waals surface area (Å²) in [6.07, 6.45) is 3.12. The van der Waals surface area contributed by atoms with Crippen LogP contribution < -0.4 is 16.4 Å². The number of hydrogen-bond donors (Lipinski definition) is 3. The minimum absolute atomic E-state index is 0.0992. The van der Waals surface area contributed by atoms with Crippen LogP contribution in [0.25, 0.3) is 0 Å². The molecule has 2 aliphatic rings. The van der Waals surface area contributed by atoms with E-state index in [4.69, 9.17) is 5.73 Å². The van der Waals surface area contributed by atoms with Crippen molar-refractivity contribution in [2.75, 3.05) is 17.6 Å². The third-order valence-electron chi connectivity index (χ3n) is 5.85. The average Bonchev–Trinajstić information content (AvgIpc) is 3.10. The molecule has 2 atom stereocenters. The maximum Gasteiger partial charge on any atom is 0.313 e. The second-order valence-corrected chi connectivity index (χ2v) is 8.14. The number of nitrogen functional groups attached to an aromatic ring is 1. The molecule has 8 heteroatoms. The van der Waals surface area contributed by atoms with E-state index in [1.54, 1.807) is 17.9 Å². The van der Waals surface area contributed by atoms with Gasteiger partial charge < -0.3 is 21.3 Å². The SMILES string of the molecule is Cc1cc(NC(=O)C(=O)N2CC(C)CCC2c2ccc3c(c2)C(=O)NC3)cnc1N. The number of aryl methyl sites for hydroxylation is 1. The quantitative estimate of drug-likeness (QED) is 0.660. The van der Waals surface area contributed by atoms with Crippen molar-refractivity contribution in [1.29, 1.82) is 0 Å². The molecule has 1 fully saturated rings. The van der Waals surface area contributed by atoms with Gasteiger partial charge in [0.05, 0.1) is 17.9 Å². The van der Waals surface area contributed by atoms with E-state index in [1.165, 1.54) is 6.20 Å². The summed E-state index contributed by atoms with van der Waals surface area (Å²) in [7, 11) is 0. The summed E-state index contributed by atoms with van der Waals surface area (Å²) in [5.74, 6) is -0.733. The minimum atomic E-state index is -0.709. The van der Waals surface area contributed by atoms with Crippen molar-refractivity contribution >= 4 is 29.2 Å². The van der Waals surface area contributed by atoms with E-state index in [0.717, 1.165) is 29.5 Å².